The summed E-state index contributed by atoms with van der Waals surface area (Å²) in [6, 6.07) is 26.7. The maximum atomic E-state index is 12.9. The van der Waals surface area contributed by atoms with E-state index in [-0.39, 0.29) is 11.2 Å². The van der Waals surface area contributed by atoms with E-state index >= 15 is 0 Å². The van der Waals surface area contributed by atoms with Gasteiger partial charge in [-0.15, -0.1) is 0 Å². The van der Waals surface area contributed by atoms with E-state index in [0.717, 1.165) is 28.7 Å². The van der Waals surface area contributed by atoms with Gasteiger partial charge >= 0.3 is 0 Å². The Labute approximate surface area is 136 Å². The molecule has 0 atom stereocenters. The Morgan fingerprint density at radius 2 is 1.17 bits per heavy atom. The quantitative estimate of drug-likeness (QED) is 0.652. The van der Waals surface area contributed by atoms with Crippen LogP contribution in [0, 0.1) is 0 Å². The Bertz CT molecular complexity index is 828. The predicted octanol–water partition coefficient (Wildman–Crippen LogP) is 4.98. The molecule has 0 fully saturated rings. The molecule has 0 N–H and O–H groups in total. The van der Waals surface area contributed by atoms with E-state index in [0.29, 0.717) is 0 Å². The van der Waals surface area contributed by atoms with Crippen LogP contribution in [-0.2, 0) is 5.41 Å². The van der Waals surface area contributed by atoms with Crippen molar-refractivity contribution in [2.45, 2.75) is 18.8 Å². The van der Waals surface area contributed by atoms with Crippen LogP contribution in [0.4, 0.5) is 0 Å². The van der Waals surface area contributed by atoms with Crippen LogP contribution in [0.1, 0.15) is 46.0 Å². The molecule has 0 amide bonds. The lowest BCUT2D eigenvalue weighted by Crippen LogP contribution is -2.36. The van der Waals surface area contributed by atoms with Gasteiger partial charge in [-0.25, -0.2) is 0 Å². The van der Waals surface area contributed by atoms with Gasteiger partial charge in [0.25, 0.3) is 0 Å². The molecule has 4 rings (SSSR count). The van der Waals surface area contributed by atoms with Crippen molar-refractivity contribution in [3.8, 4) is 0 Å². The highest BCUT2D eigenvalue weighted by Gasteiger charge is 2.43. The van der Waals surface area contributed by atoms with Gasteiger partial charge in [0.2, 0.25) is 0 Å². The van der Waals surface area contributed by atoms with Gasteiger partial charge in [0, 0.05) is 16.5 Å². The third-order valence-corrected chi connectivity index (χ3v) is 5.06. The molecule has 0 spiro atoms. The van der Waals surface area contributed by atoms with Crippen molar-refractivity contribution in [3.63, 3.8) is 0 Å². The van der Waals surface area contributed by atoms with E-state index in [1.54, 1.807) is 0 Å². The monoisotopic (exact) mass is 298 g/mol. The fourth-order valence-corrected chi connectivity index (χ4v) is 4.02. The average molecular weight is 298 g/mol. The molecular formula is C22H18O. The molecule has 0 bridgehead atoms. The van der Waals surface area contributed by atoms with E-state index in [9.17, 15) is 4.79 Å². The summed E-state index contributed by atoms with van der Waals surface area (Å²) in [6.07, 6.45) is 0.915. The van der Waals surface area contributed by atoms with Crippen molar-refractivity contribution in [1.29, 1.82) is 0 Å². The molecule has 0 radical (unpaired) electrons. The van der Waals surface area contributed by atoms with E-state index in [2.05, 4.69) is 43.3 Å². The van der Waals surface area contributed by atoms with Gasteiger partial charge in [-0.2, -0.15) is 0 Å². The van der Waals surface area contributed by atoms with Crippen LogP contribution in [0.2, 0.25) is 0 Å². The van der Waals surface area contributed by atoms with E-state index in [1.165, 1.54) is 5.56 Å². The zero-order valence-corrected chi connectivity index (χ0v) is 13.1. The normalized spacial score (nSPS) is 14.9. The standard InChI is InChI=1S/C22H18O/c1-2-22(16-10-4-3-5-11-16)19-14-8-6-12-17(19)21(23)18-13-7-9-15-20(18)22/h3-15H,2H2,1H3. The fourth-order valence-electron chi connectivity index (χ4n) is 4.02. The molecule has 1 heteroatoms. The van der Waals surface area contributed by atoms with Gasteiger partial charge in [0.15, 0.2) is 5.78 Å². The Hall–Kier alpha value is -2.67. The van der Waals surface area contributed by atoms with Gasteiger partial charge in [-0.05, 0) is 23.1 Å². The van der Waals surface area contributed by atoms with Gasteiger partial charge in [-0.3, -0.25) is 4.79 Å². The van der Waals surface area contributed by atoms with Crippen molar-refractivity contribution in [2.75, 3.05) is 0 Å². The lowest BCUT2D eigenvalue weighted by Gasteiger charge is -2.40. The van der Waals surface area contributed by atoms with Crippen LogP contribution in [0.5, 0.6) is 0 Å². The Morgan fingerprint density at radius 1 is 0.696 bits per heavy atom. The van der Waals surface area contributed by atoms with Gasteiger partial charge < -0.3 is 0 Å². The second-order valence-corrected chi connectivity index (χ2v) is 6.05. The van der Waals surface area contributed by atoms with Crippen molar-refractivity contribution in [1.82, 2.24) is 0 Å². The Balaban J connectivity index is 2.14. The minimum absolute atomic E-state index is 0.135. The minimum Gasteiger partial charge on any atom is -0.289 e. The summed E-state index contributed by atoms with van der Waals surface area (Å²) < 4.78 is 0. The molecule has 0 saturated heterocycles. The lowest BCUT2D eigenvalue weighted by molar-refractivity contribution is 0.103. The first kappa shape index (κ1) is 14.0. The second kappa shape index (κ2) is 5.20. The largest absolute Gasteiger partial charge is 0.289 e. The molecule has 3 aromatic carbocycles. The maximum Gasteiger partial charge on any atom is 0.193 e. The molecule has 0 unspecified atom stereocenters. The third-order valence-electron chi connectivity index (χ3n) is 5.06. The molecule has 1 nitrogen and oxygen atoms in total. The zero-order valence-electron chi connectivity index (χ0n) is 13.1. The third kappa shape index (κ3) is 1.83. The lowest BCUT2D eigenvalue weighted by atomic mass is 9.61. The number of hydrogen-bond donors (Lipinski definition) is 0. The number of fused-ring (bicyclic) bond motifs is 2. The number of carbonyl (C=O) groups excluding carboxylic acids is 1. The summed E-state index contributed by atoms with van der Waals surface area (Å²) in [4.78, 5) is 12.9. The summed E-state index contributed by atoms with van der Waals surface area (Å²) in [7, 11) is 0. The summed E-state index contributed by atoms with van der Waals surface area (Å²) in [5.74, 6) is 0.135. The SMILES string of the molecule is CCC1(c2ccccc2)c2ccccc2C(=O)c2ccccc21. The molecule has 112 valence electrons. The van der Waals surface area contributed by atoms with Crippen molar-refractivity contribution in [2.24, 2.45) is 0 Å². The molecule has 1 aliphatic carbocycles. The van der Waals surface area contributed by atoms with E-state index < -0.39 is 0 Å². The molecule has 3 aromatic rings. The molecule has 0 aliphatic heterocycles. The average Bonchev–Trinajstić information content (AvgIpc) is 2.64. The summed E-state index contributed by atoms with van der Waals surface area (Å²) in [5.41, 5.74) is 4.89. The number of carbonyl (C=O) groups is 1. The predicted molar refractivity (Wildman–Crippen MR) is 92.9 cm³/mol. The van der Waals surface area contributed by atoms with Crippen molar-refractivity contribution < 1.29 is 4.79 Å². The molecule has 23 heavy (non-hydrogen) atoms. The molecule has 1 aliphatic rings. The Kier molecular flexibility index (Phi) is 3.16. The number of benzene rings is 3. The number of ketones is 1. The molecule has 0 heterocycles. The van der Waals surface area contributed by atoms with Crippen LogP contribution in [0.15, 0.2) is 78.9 Å². The van der Waals surface area contributed by atoms with Gasteiger partial charge in [0.1, 0.15) is 0 Å². The smallest absolute Gasteiger partial charge is 0.193 e. The van der Waals surface area contributed by atoms with E-state index in [4.69, 9.17) is 0 Å². The van der Waals surface area contributed by atoms with Crippen LogP contribution in [-0.4, -0.2) is 5.78 Å². The number of rotatable bonds is 2. The van der Waals surface area contributed by atoms with Crippen molar-refractivity contribution in [3.05, 3.63) is 107 Å². The second-order valence-electron chi connectivity index (χ2n) is 6.05. The number of hydrogen-bond acceptors (Lipinski definition) is 1. The van der Waals surface area contributed by atoms with Crippen LogP contribution >= 0.6 is 0 Å². The molecule has 0 aromatic heterocycles. The van der Waals surface area contributed by atoms with E-state index in [1.807, 2.05) is 42.5 Å². The van der Waals surface area contributed by atoms with Gasteiger partial charge in [0.05, 0.1) is 0 Å². The van der Waals surface area contributed by atoms with Crippen molar-refractivity contribution >= 4 is 5.78 Å². The van der Waals surface area contributed by atoms with Gasteiger partial charge in [-0.1, -0.05) is 85.8 Å². The van der Waals surface area contributed by atoms with Crippen LogP contribution in [0.25, 0.3) is 0 Å². The molecular weight excluding hydrogens is 280 g/mol. The van der Waals surface area contributed by atoms with Crippen LogP contribution < -0.4 is 0 Å². The highest BCUT2D eigenvalue weighted by atomic mass is 16.1. The summed E-state index contributed by atoms with van der Waals surface area (Å²) >= 11 is 0. The maximum absolute atomic E-state index is 12.9. The topological polar surface area (TPSA) is 17.1 Å². The zero-order chi connectivity index (χ0) is 15.9. The van der Waals surface area contributed by atoms with Crippen LogP contribution in [0.3, 0.4) is 0 Å². The minimum atomic E-state index is -0.262. The highest BCUT2D eigenvalue weighted by molar-refractivity contribution is 6.13. The first-order valence-corrected chi connectivity index (χ1v) is 8.08. The Morgan fingerprint density at radius 3 is 1.70 bits per heavy atom. The first-order chi connectivity index (χ1) is 11.3. The first-order valence-electron chi connectivity index (χ1n) is 8.08. The summed E-state index contributed by atoms with van der Waals surface area (Å²) in [6.45, 7) is 2.20. The highest BCUT2D eigenvalue weighted by Crippen LogP contribution is 2.48. The summed E-state index contributed by atoms with van der Waals surface area (Å²) in [5, 5.41) is 0. The molecule has 0 saturated carbocycles. The fraction of sp³-hybridized carbons (Fsp3) is 0.136.